The minimum atomic E-state index is 0.135. The predicted molar refractivity (Wildman–Crippen MR) is 106 cm³/mol. The number of thiophene rings is 1. The Hall–Kier alpha value is -2.51. The second-order valence-electron chi connectivity index (χ2n) is 6.71. The summed E-state index contributed by atoms with van der Waals surface area (Å²) < 4.78 is 1.74. The molecule has 3 aromatic rings. The summed E-state index contributed by atoms with van der Waals surface area (Å²) in [6, 6.07) is 12.0. The van der Waals surface area contributed by atoms with Crippen LogP contribution in [0.3, 0.4) is 0 Å². The van der Waals surface area contributed by atoms with Gasteiger partial charge < -0.3 is 4.90 Å². The summed E-state index contributed by atoms with van der Waals surface area (Å²) in [5, 5.41) is 6.58. The maximum absolute atomic E-state index is 12.7. The molecule has 0 N–H and O–H groups in total. The van der Waals surface area contributed by atoms with E-state index >= 15 is 0 Å². The first-order valence-electron chi connectivity index (χ1n) is 9.25. The molecule has 27 heavy (non-hydrogen) atoms. The second kappa shape index (κ2) is 8.45. The minimum absolute atomic E-state index is 0.135. The summed E-state index contributed by atoms with van der Waals surface area (Å²) in [5.74, 6) is 0.135. The molecule has 1 aliphatic heterocycles. The molecule has 4 rings (SSSR count). The molecule has 1 aliphatic rings. The van der Waals surface area contributed by atoms with Crippen LogP contribution in [0.1, 0.15) is 12.1 Å². The Morgan fingerprint density at radius 3 is 2.85 bits per heavy atom. The average Bonchev–Trinajstić information content (AvgIpc) is 3.32. The van der Waals surface area contributed by atoms with Crippen LogP contribution in [-0.4, -0.2) is 56.7 Å². The maximum atomic E-state index is 12.7. The number of rotatable bonds is 5. The Balaban J connectivity index is 1.32. The number of carbonyl (C=O) groups is 1. The van der Waals surface area contributed by atoms with Gasteiger partial charge in [0.25, 0.3) is 0 Å². The van der Waals surface area contributed by atoms with Crippen LogP contribution in [0.25, 0.3) is 10.6 Å². The molecule has 0 spiro atoms. The van der Waals surface area contributed by atoms with Gasteiger partial charge >= 0.3 is 0 Å². The Morgan fingerprint density at radius 2 is 2.04 bits per heavy atom. The van der Waals surface area contributed by atoms with Crippen LogP contribution < -0.4 is 0 Å². The molecule has 0 bridgehead atoms. The molecule has 3 aromatic heterocycles. The van der Waals surface area contributed by atoms with Gasteiger partial charge in [-0.3, -0.25) is 19.4 Å². The number of nitrogens with zero attached hydrogens (tertiary/aromatic N) is 5. The van der Waals surface area contributed by atoms with Crippen molar-refractivity contribution in [3.63, 3.8) is 0 Å². The smallest absolute Gasteiger partial charge is 0.244 e. The molecule has 0 radical (unpaired) electrons. The summed E-state index contributed by atoms with van der Waals surface area (Å²) in [6.07, 6.45) is 4.70. The van der Waals surface area contributed by atoms with Crippen LogP contribution in [0.2, 0.25) is 0 Å². The summed E-state index contributed by atoms with van der Waals surface area (Å²) in [5.41, 5.74) is 2.00. The summed E-state index contributed by atoms with van der Waals surface area (Å²) in [7, 11) is 0. The minimum Gasteiger partial charge on any atom is -0.340 e. The van der Waals surface area contributed by atoms with Gasteiger partial charge in [-0.1, -0.05) is 12.1 Å². The predicted octanol–water partition coefficient (Wildman–Crippen LogP) is 2.74. The third kappa shape index (κ3) is 4.61. The zero-order valence-corrected chi connectivity index (χ0v) is 16.0. The van der Waals surface area contributed by atoms with Crippen molar-refractivity contribution in [2.45, 2.75) is 19.5 Å². The molecule has 0 aliphatic carbocycles. The van der Waals surface area contributed by atoms with E-state index in [9.17, 15) is 4.79 Å². The monoisotopic (exact) mass is 381 g/mol. The van der Waals surface area contributed by atoms with Gasteiger partial charge in [0, 0.05) is 45.1 Å². The van der Waals surface area contributed by atoms with E-state index in [1.807, 2.05) is 53.0 Å². The maximum Gasteiger partial charge on any atom is 0.244 e. The van der Waals surface area contributed by atoms with Crippen molar-refractivity contribution in [3.05, 3.63) is 59.9 Å². The molecule has 0 unspecified atom stereocenters. The van der Waals surface area contributed by atoms with Gasteiger partial charge in [0.1, 0.15) is 12.2 Å². The van der Waals surface area contributed by atoms with Gasteiger partial charge in [0.2, 0.25) is 5.91 Å². The lowest BCUT2D eigenvalue weighted by molar-refractivity contribution is -0.131. The highest BCUT2D eigenvalue weighted by molar-refractivity contribution is 7.13. The average molecular weight is 382 g/mol. The Kier molecular flexibility index (Phi) is 5.60. The van der Waals surface area contributed by atoms with E-state index < -0.39 is 0 Å². The third-order valence-electron chi connectivity index (χ3n) is 4.76. The SMILES string of the molecule is O=C(Cn1ccc(-c2cccs2)n1)N1CCCN(Cc2ccccn2)CC1. The first-order valence-corrected chi connectivity index (χ1v) is 10.1. The molecule has 1 amide bonds. The molecule has 0 atom stereocenters. The van der Waals surface area contributed by atoms with E-state index in [2.05, 4.69) is 21.0 Å². The largest absolute Gasteiger partial charge is 0.340 e. The standard InChI is InChI=1S/C20H23N5OS/c26-20(16-25-11-7-18(22-25)19-6-3-14-27-19)24-10-4-9-23(12-13-24)15-17-5-1-2-8-21-17/h1-3,5-8,11,14H,4,9-10,12-13,15-16H2. The van der Waals surface area contributed by atoms with Crippen LogP contribution in [-0.2, 0) is 17.9 Å². The third-order valence-corrected chi connectivity index (χ3v) is 5.66. The fraction of sp³-hybridized carbons (Fsp3) is 0.350. The highest BCUT2D eigenvalue weighted by Crippen LogP contribution is 2.22. The van der Waals surface area contributed by atoms with Gasteiger partial charge in [-0.15, -0.1) is 11.3 Å². The molecule has 1 saturated heterocycles. The highest BCUT2D eigenvalue weighted by Gasteiger charge is 2.20. The van der Waals surface area contributed by atoms with Crippen molar-refractivity contribution in [3.8, 4) is 10.6 Å². The van der Waals surface area contributed by atoms with Crippen molar-refractivity contribution >= 4 is 17.2 Å². The number of pyridine rings is 1. The quantitative estimate of drug-likeness (QED) is 0.682. The number of carbonyl (C=O) groups excluding carboxylic acids is 1. The van der Waals surface area contributed by atoms with E-state index in [1.165, 1.54) is 0 Å². The first kappa shape index (κ1) is 17.9. The molecular weight excluding hydrogens is 358 g/mol. The summed E-state index contributed by atoms with van der Waals surface area (Å²) in [4.78, 5) is 22.6. The fourth-order valence-corrected chi connectivity index (χ4v) is 4.03. The lowest BCUT2D eigenvalue weighted by Gasteiger charge is -2.21. The fourth-order valence-electron chi connectivity index (χ4n) is 3.34. The van der Waals surface area contributed by atoms with Gasteiger partial charge in [-0.05, 0) is 36.1 Å². The van der Waals surface area contributed by atoms with Crippen LogP contribution in [0.5, 0.6) is 0 Å². The first-order chi connectivity index (χ1) is 13.3. The van der Waals surface area contributed by atoms with Crippen LogP contribution in [0.15, 0.2) is 54.2 Å². The molecule has 0 aromatic carbocycles. The zero-order chi connectivity index (χ0) is 18.5. The molecule has 7 heteroatoms. The summed E-state index contributed by atoms with van der Waals surface area (Å²) >= 11 is 1.66. The van der Waals surface area contributed by atoms with E-state index in [-0.39, 0.29) is 5.91 Å². The highest BCUT2D eigenvalue weighted by atomic mass is 32.1. The Labute approximate surface area is 163 Å². The number of hydrogen-bond acceptors (Lipinski definition) is 5. The van der Waals surface area contributed by atoms with Crippen molar-refractivity contribution < 1.29 is 4.79 Å². The normalized spacial score (nSPS) is 15.6. The molecule has 4 heterocycles. The molecular formula is C20H23N5OS. The van der Waals surface area contributed by atoms with Gasteiger partial charge in [-0.2, -0.15) is 5.10 Å². The number of amides is 1. The van der Waals surface area contributed by atoms with Gasteiger partial charge in [0.15, 0.2) is 0 Å². The van der Waals surface area contributed by atoms with Crippen molar-refractivity contribution in [1.82, 2.24) is 24.6 Å². The number of hydrogen-bond donors (Lipinski definition) is 0. The summed E-state index contributed by atoms with van der Waals surface area (Å²) in [6.45, 7) is 4.56. The van der Waals surface area contributed by atoms with E-state index in [0.717, 1.165) is 55.4 Å². The second-order valence-corrected chi connectivity index (χ2v) is 7.66. The lowest BCUT2D eigenvalue weighted by atomic mass is 10.3. The Morgan fingerprint density at radius 1 is 1.07 bits per heavy atom. The molecule has 1 fully saturated rings. The van der Waals surface area contributed by atoms with E-state index in [4.69, 9.17) is 0 Å². The van der Waals surface area contributed by atoms with E-state index in [0.29, 0.717) is 6.54 Å². The zero-order valence-electron chi connectivity index (χ0n) is 15.2. The topological polar surface area (TPSA) is 54.3 Å². The van der Waals surface area contributed by atoms with Crippen molar-refractivity contribution in [1.29, 1.82) is 0 Å². The van der Waals surface area contributed by atoms with Crippen LogP contribution in [0, 0.1) is 0 Å². The molecule has 6 nitrogen and oxygen atoms in total. The Bertz CT molecular complexity index is 862. The van der Waals surface area contributed by atoms with Crippen molar-refractivity contribution in [2.75, 3.05) is 26.2 Å². The van der Waals surface area contributed by atoms with Crippen LogP contribution >= 0.6 is 11.3 Å². The molecule has 0 saturated carbocycles. The van der Waals surface area contributed by atoms with Crippen molar-refractivity contribution in [2.24, 2.45) is 0 Å². The van der Waals surface area contributed by atoms with Gasteiger partial charge in [-0.25, -0.2) is 0 Å². The molecule has 140 valence electrons. The van der Waals surface area contributed by atoms with E-state index in [1.54, 1.807) is 16.0 Å². The van der Waals surface area contributed by atoms with Crippen LogP contribution in [0.4, 0.5) is 0 Å². The lowest BCUT2D eigenvalue weighted by Crippen LogP contribution is -2.37. The van der Waals surface area contributed by atoms with Gasteiger partial charge in [0.05, 0.1) is 10.6 Å². The number of aromatic nitrogens is 3.